The Bertz CT molecular complexity index is 642. The van der Waals surface area contributed by atoms with Crippen molar-refractivity contribution < 1.29 is 18.7 Å². The fraction of sp³-hybridized carbons (Fsp3) is 0.250. The summed E-state index contributed by atoms with van der Waals surface area (Å²) in [5, 5.41) is 0. The molecule has 2 atom stereocenters. The number of fused-ring (bicyclic) bond motifs is 1. The van der Waals surface area contributed by atoms with E-state index in [4.69, 9.17) is 9.15 Å². The van der Waals surface area contributed by atoms with Crippen LogP contribution in [0.1, 0.15) is 35.4 Å². The lowest BCUT2D eigenvalue weighted by atomic mass is 9.88. The average molecular weight is 270 g/mol. The first-order valence-electron chi connectivity index (χ1n) is 6.49. The van der Waals surface area contributed by atoms with Crippen molar-refractivity contribution in [2.24, 2.45) is 0 Å². The van der Waals surface area contributed by atoms with Crippen LogP contribution in [0.4, 0.5) is 0 Å². The Kier molecular flexibility index (Phi) is 3.14. The number of Topliss-reactive ketones (excluding diaryl/α,β-unsaturated/α-hetero) is 2. The lowest BCUT2D eigenvalue weighted by Crippen LogP contribution is -2.28. The Hall–Kier alpha value is -2.36. The Labute approximate surface area is 116 Å². The first-order chi connectivity index (χ1) is 9.66. The SMILES string of the molecule is CC(=O)[C@H]1Oc2ccccc2[C@@H]1CC(=O)c1ccco1. The minimum atomic E-state index is -0.591. The zero-order chi connectivity index (χ0) is 14.1. The number of benzene rings is 1. The van der Waals surface area contributed by atoms with Crippen LogP contribution in [-0.2, 0) is 4.79 Å². The van der Waals surface area contributed by atoms with E-state index in [0.717, 1.165) is 5.56 Å². The van der Waals surface area contributed by atoms with Crippen molar-refractivity contribution in [1.82, 2.24) is 0 Å². The van der Waals surface area contributed by atoms with Gasteiger partial charge in [0.05, 0.1) is 6.26 Å². The van der Waals surface area contributed by atoms with Gasteiger partial charge in [0.25, 0.3) is 0 Å². The molecule has 102 valence electrons. The van der Waals surface area contributed by atoms with E-state index in [2.05, 4.69) is 0 Å². The third-order valence-electron chi connectivity index (χ3n) is 3.54. The van der Waals surface area contributed by atoms with Crippen LogP contribution in [0.25, 0.3) is 0 Å². The second-order valence-corrected chi connectivity index (χ2v) is 4.90. The van der Waals surface area contributed by atoms with Crippen molar-refractivity contribution in [2.45, 2.75) is 25.4 Å². The first-order valence-corrected chi connectivity index (χ1v) is 6.49. The van der Waals surface area contributed by atoms with Gasteiger partial charge in [0.1, 0.15) is 5.75 Å². The molecule has 0 saturated carbocycles. The second-order valence-electron chi connectivity index (χ2n) is 4.90. The number of para-hydroxylation sites is 1. The molecule has 0 aliphatic carbocycles. The van der Waals surface area contributed by atoms with Gasteiger partial charge in [-0.1, -0.05) is 18.2 Å². The van der Waals surface area contributed by atoms with Gasteiger partial charge in [0.2, 0.25) is 0 Å². The molecule has 4 heteroatoms. The van der Waals surface area contributed by atoms with Crippen molar-refractivity contribution in [3.8, 4) is 5.75 Å². The molecule has 0 bridgehead atoms. The van der Waals surface area contributed by atoms with Crippen molar-refractivity contribution >= 4 is 11.6 Å². The summed E-state index contributed by atoms with van der Waals surface area (Å²) >= 11 is 0. The quantitative estimate of drug-likeness (QED) is 0.801. The van der Waals surface area contributed by atoms with Gasteiger partial charge >= 0.3 is 0 Å². The molecule has 0 N–H and O–H groups in total. The van der Waals surface area contributed by atoms with E-state index in [-0.39, 0.29) is 23.9 Å². The number of ketones is 2. The monoisotopic (exact) mass is 270 g/mol. The van der Waals surface area contributed by atoms with E-state index in [0.29, 0.717) is 11.5 Å². The maximum absolute atomic E-state index is 12.2. The molecule has 4 nitrogen and oxygen atoms in total. The molecule has 0 spiro atoms. The smallest absolute Gasteiger partial charge is 0.198 e. The molecule has 2 heterocycles. The predicted molar refractivity (Wildman–Crippen MR) is 71.9 cm³/mol. The van der Waals surface area contributed by atoms with Crippen molar-refractivity contribution in [2.75, 3.05) is 0 Å². The van der Waals surface area contributed by atoms with Gasteiger partial charge in [0, 0.05) is 17.9 Å². The van der Waals surface area contributed by atoms with Crippen LogP contribution in [0.2, 0.25) is 0 Å². The molecule has 0 unspecified atom stereocenters. The van der Waals surface area contributed by atoms with Gasteiger partial charge in [-0.05, 0) is 25.1 Å². The molecule has 0 fully saturated rings. The summed E-state index contributed by atoms with van der Waals surface area (Å²) in [4.78, 5) is 23.9. The van der Waals surface area contributed by atoms with Crippen LogP contribution >= 0.6 is 0 Å². The van der Waals surface area contributed by atoms with Gasteiger partial charge < -0.3 is 9.15 Å². The van der Waals surface area contributed by atoms with Crippen molar-refractivity contribution in [3.05, 3.63) is 54.0 Å². The third kappa shape index (κ3) is 2.13. The van der Waals surface area contributed by atoms with Crippen molar-refractivity contribution in [3.63, 3.8) is 0 Å². The van der Waals surface area contributed by atoms with Gasteiger partial charge in [-0.3, -0.25) is 9.59 Å². The van der Waals surface area contributed by atoms with E-state index < -0.39 is 6.10 Å². The molecular formula is C16H14O4. The Morgan fingerprint density at radius 1 is 1.15 bits per heavy atom. The lowest BCUT2D eigenvalue weighted by molar-refractivity contribution is -0.123. The highest BCUT2D eigenvalue weighted by Gasteiger charge is 2.38. The summed E-state index contributed by atoms with van der Waals surface area (Å²) in [6, 6.07) is 10.8. The Morgan fingerprint density at radius 2 is 1.95 bits per heavy atom. The normalized spacial score (nSPS) is 20.2. The topological polar surface area (TPSA) is 56.5 Å². The summed E-state index contributed by atoms with van der Waals surface area (Å²) in [6.07, 6.45) is 1.08. The maximum Gasteiger partial charge on any atom is 0.198 e. The van der Waals surface area contributed by atoms with Crippen LogP contribution in [-0.4, -0.2) is 17.7 Å². The number of hydrogen-bond acceptors (Lipinski definition) is 4. The first kappa shape index (κ1) is 12.7. The van der Waals surface area contributed by atoms with E-state index in [9.17, 15) is 9.59 Å². The van der Waals surface area contributed by atoms with E-state index in [1.54, 1.807) is 12.1 Å². The fourth-order valence-electron chi connectivity index (χ4n) is 2.60. The maximum atomic E-state index is 12.2. The molecule has 1 aromatic heterocycles. The number of furan rings is 1. The van der Waals surface area contributed by atoms with Crippen LogP contribution in [0.15, 0.2) is 47.1 Å². The molecule has 2 aromatic rings. The molecule has 1 aromatic carbocycles. The van der Waals surface area contributed by atoms with E-state index in [1.807, 2.05) is 24.3 Å². The molecule has 0 saturated heterocycles. The molecule has 0 amide bonds. The highest BCUT2D eigenvalue weighted by Crippen LogP contribution is 2.40. The van der Waals surface area contributed by atoms with Crippen LogP contribution in [0, 0.1) is 0 Å². The Morgan fingerprint density at radius 3 is 2.65 bits per heavy atom. The molecule has 20 heavy (non-hydrogen) atoms. The predicted octanol–water partition coefficient (Wildman–Crippen LogP) is 2.99. The second kappa shape index (κ2) is 4.96. The summed E-state index contributed by atoms with van der Waals surface area (Å²) in [5.74, 6) is 0.563. The van der Waals surface area contributed by atoms with Gasteiger partial charge in [-0.25, -0.2) is 0 Å². The van der Waals surface area contributed by atoms with Crippen LogP contribution in [0.5, 0.6) is 5.75 Å². The largest absolute Gasteiger partial charge is 0.482 e. The number of rotatable bonds is 4. The van der Waals surface area contributed by atoms with Crippen molar-refractivity contribution in [1.29, 1.82) is 0 Å². The minimum Gasteiger partial charge on any atom is -0.482 e. The minimum absolute atomic E-state index is 0.0709. The summed E-state index contributed by atoms with van der Waals surface area (Å²) < 4.78 is 10.8. The molecule has 1 aliphatic heterocycles. The van der Waals surface area contributed by atoms with Crippen LogP contribution < -0.4 is 4.74 Å². The molecule has 1 aliphatic rings. The standard InChI is InChI=1S/C16H14O4/c1-10(17)16-12(9-13(18)15-7-4-8-19-15)11-5-2-3-6-14(11)20-16/h2-8,12,16H,9H2,1H3/t12-,16+/m0/s1. The number of carbonyl (C=O) groups is 2. The highest BCUT2D eigenvalue weighted by atomic mass is 16.5. The van der Waals surface area contributed by atoms with E-state index in [1.165, 1.54) is 13.2 Å². The highest BCUT2D eigenvalue weighted by molar-refractivity contribution is 5.95. The fourth-order valence-corrected chi connectivity index (χ4v) is 2.60. The lowest BCUT2D eigenvalue weighted by Gasteiger charge is -2.15. The zero-order valence-corrected chi connectivity index (χ0v) is 11.0. The molecule has 0 radical (unpaired) electrons. The summed E-state index contributed by atoms with van der Waals surface area (Å²) in [5.41, 5.74) is 0.910. The van der Waals surface area contributed by atoms with Gasteiger partial charge in [0.15, 0.2) is 23.4 Å². The molecular weight excluding hydrogens is 256 g/mol. The zero-order valence-electron chi connectivity index (χ0n) is 11.0. The Balaban J connectivity index is 1.89. The summed E-state index contributed by atoms with van der Waals surface area (Å²) in [7, 11) is 0. The van der Waals surface area contributed by atoms with E-state index >= 15 is 0 Å². The van der Waals surface area contributed by atoms with Crippen LogP contribution in [0.3, 0.4) is 0 Å². The number of ether oxygens (including phenoxy) is 1. The molecule has 3 rings (SSSR count). The number of carbonyl (C=O) groups excluding carboxylic acids is 2. The summed E-state index contributed by atoms with van der Waals surface area (Å²) in [6.45, 7) is 1.49. The van der Waals surface area contributed by atoms with Gasteiger partial charge in [-0.2, -0.15) is 0 Å². The third-order valence-corrected chi connectivity index (χ3v) is 3.54. The average Bonchev–Trinajstić information content (AvgIpc) is 3.06. The number of hydrogen-bond donors (Lipinski definition) is 0. The van der Waals surface area contributed by atoms with Gasteiger partial charge in [-0.15, -0.1) is 0 Å².